The monoisotopic (exact) mass is 333 g/mol. The Bertz CT molecular complexity index is 538. The highest BCUT2D eigenvalue weighted by molar-refractivity contribution is 9.10. The Balaban J connectivity index is 2.77. The third-order valence-electron chi connectivity index (χ3n) is 2.06. The molecule has 2 aromatic rings. The summed E-state index contributed by atoms with van der Waals surface area (Å²) in [7, 11) is 0. The van der Waals surface area contributed by atoms with E-state index in [9.17, 15) is 10.1 Å². The van der Waals surface area contributed by atoms with Gasteiger partial charge in [-0.1, -0.05) is 15.9 Å². The molecule has 0 amide bonds. The fourth-order valence-electron chi connectivity index (χ4n) is 1.34. The predicted molar refractivity (Wildman–Crippen MR) is 63.1 cm³/mol. The molecule has 5 nitrogen and oxygen atoms in total. The zero-order valence-electron chi connectivity index (χ0n) is 7.33. The number of hydrogen-bond acceptors (Lipinski definition) is 3. The first kappa shape index (κ1) is 10.6. The number of fused-ring (bicyclic) bond motifs is 1. The largest absolute Gasteiger partial charge is 0.277 e. The summed E-state index contributed by atoms with van der Waals surface area (Å²) in [5, 5.41) is 18.7. The second kappa shape index (κ2) is 3.90. The second-order valence-corrected chi connectivity index (χ2v) is 4.24. The standard InChI is InChI=1S/C8H5Br2N3O2/c9-3-4-1-6-5(8(10)12-11-6)2-7(4)13(14)15/h1-2H,3H2,(H,11,12). The van der Waals surface area contributed by atoms with E-state index in [1.807, 2.05) is 0 Å². The quantitative estimate of drug-likeness (QED) is 0.521. The molecule has 0 atom stereocenters. The molecule has 1 heterocycles. The first-order valence-corrected chi connectivity index (χ1v) is 5.91. The van der Waals surface area contributed by atoms with Crippen molar-refractivity contribution in [3.63, 3.8) is 0 Å². The van der Waals surface area contributed by atoms with Gasteiger partial charge in [0.25, 0.3) is 5.69 Å². The van der Waals surface area contributed by atoms with Gasteiger partial charge < -0.3 is 0 Å². The number of H-pyrrole nitrogens is 1. The number of nitrogens with zero attached hydrogens (tertiary/aromatic N) is 2. The molecule has 1 aromatic carbocycles. The van der Waals surface area contributed by atoms with Crippen LogP contribution in [0.15, 0.2) is 16.7 Å². The summed E-state index contributed by atoms with van der Waals surface area (Å²) in [6.07, 6.45) is 0. The molecule has 0 fully saturated rings. The molecule has 7 heteroatoms. The number of halogens is 2. The summed E-state index contributed by atoms with van der Waals surface area (Å²) >= 11 is 6.44. The van der Waals surface area contributed by atoms with Crippen LogP contribution in [0.4, 0.5) is 5.69 Å². The van der Waals surface area contributed by atoms with Crippen LogP contribution in [0.3, 0.4) is 0 Å². The highest BCUT2D eigenvalue weighted by Gasteiger charge is 2.16. The van der Waals surface area contributed by atoms with E-state index in [2.05, 4.69) is 42.1 Å². The van der Waals surface area contributed by atoms with Gasteiger partial charge in [-0.2, -0.15) is 5.10 Å². The highest BCUT2D eigenvalue weighted by atomic mass is 79.9. The van der Waals surface area contributed by atoms with Crippen LogP contribution in [-0.2, 0) is 5.33 Å². The molecule has 15 heavy (non-hydrogen) atoms. The minimum absolute atomic E-state index is 0.0986. The molecule has 1 aromatic heterocycles. The lowest BCUT2D eigenvalue weighted by Crippen LogP contribution is -1.93. The number of aromatic nitrogens is 2. The van der Waals surface area contributed by atoms with Crippen molar-refractivity contribution in [1.29, 1.82) is 0 Å². The normalized spacial score (nSPS) is 10.8. The lowest BCUT2D eigenvalue weighted by molar-refractivity contribution is -0.385. The molecule has 0 saturated carbocycles. The molecule has 0 aliphatic carbocycles. The molecule has 0 bridgehead atoms. The first-order valence-electron chi connectivity index (χ1n) is 4.00. The molecular formula is C8H5Br2N3O2. The summed E-state index contributed by atoms with van der Waals surface area (Å²) in [5.41, 5.74) is 1.51. The van der Waals surface area contributed by atoms with Crippen molar-refractivity contribution in [2.45, 2.75) is 5.33 Å². The molecule has 0 spiro atoms. The van der Waals surface area contributed by atoms with E-state index in [1.165, 1.54) is 6.07 Å². The average Bonchev–Trinajstić information content (AvgIpc) is 2.58. The van der Waals surface area contributed by atoms with E-state index in [-0.39, 0.29) is 5.69 Å². The molecular weight excluding hydrogens is 330 g/mol. The number of aromatic amines is 1. The summed E-state index contributed by atoms with van der Waals surface area (Å²) < 4.78 is 0.585. The fraction of sp³-hybridized carbons (Fsp3) is 0.125. The third-order valence-corrected chi connectivity index (χ3v) is 3.26. The van der Waals surface area contributed by atoms with E-state index in [1.54, 1.807) is 6.07 Å². The Hall–Kier alpha value is -0.950. The highest BCUT2D eigenvalue weighted by Crippen LogP contribution is 2.30. The van der Waals surface area contributed by atoms with Crippen LogP contribution >= 0.6 is 31.9 Å². The van der Waals surface area contributed by atoms with Crippen molar-refractivity contribution in [2.75, 3.05) is 0 Å². The van der Waals surface area contributed by atoms with Gasteiger partial charge in [-0.05, 0) is 22.0 Å². The predicted octanol–water partition coefficient (Wildman–Crippen LogP) is 3.13. The number of nitrogens with one attached hydrogen (secondary N) is 1. The molecule has 0 saturated heterocycles. The first-order chi connectivity index (χ1) is 7.13. The van der Waals surface area contributed by atoms with Crippen molar-refractivity contribution in [1.82, 2.24) is 10.2 Å². The molecule has 78 valence electrons. The number of rotatable bonds is 2. The van der Waals surface area contributed by atoms with E-state index >= 15 is 0 Å². The van der Waals surface area contributed by atoms with Gasteiger partial charge in [-0.15, -0.1) is 0 Å². The van der Waals surface area contributed by atoms with Crippen LogP contribution in [-0.4, -0.2) is 15.1 Å². The van der Waals surface area contributed by atoms with Crippen molar-refractivity contribution in [3.05, 3.63) is 32.4 Å². The van der Waals surface area contributed by atoms with Crippen molar-refractivity contribution >= 4 is 48.5 Å². The third kappa shape index (κ3) is 1.76. The number of nitro groups is 1. The number of alkyl halides is 1. The number of nitro benzene ring substituents is 1. The lowest BCUT2D eigenvalue weighted by atomic mass is 10.1. The smallest absolute Gasteiger partial charge is 0.274 e. The fourth-order valence-corrected chi connectivity index (χ4v) is 2.21. The second-order valence-electron chi connectivity index (χ2n) is 2.93. The molecule has 0 aliphatic rings. The molecule has 0 aliphatic heterocycles. The maximum Gasteiger partial charge on any atom is 0.274 e. The Labute approximate surface area is 101 Å². The number of hydrogen-bond donors (Lipinski definition) is 1. The van der Waals surface area contributed by atoms with Gasteiger partial charge in [-0.25, -0.2) is 0 Å². The lowest BCUT2D eigenvalue weighted by Gasteiger charge is -1.98. The summed E-state index contributed by atoms with van der Waals surface area (Å²) in [5.74, 6) is 0. The summed E-state index contributed by atoms with van der Waals surface area (Å²) in [4.78, 5) is 10.4. The van der Waals surface area contributed by atoms with Crippen molar-refractivity contribution in [2.24, 2.45) is 0 Å². The van der Waals surface area contributed by atoms with Gasteiger partial charge in [0.2, 0.25) is 0 Å². The van der Waals surface area contributed by atoms with E-state index in [0.717, 1.165) is 5.52 Å². The van der Waals surface area contributed by atoms with E-state index < -0.39 is 4.92 Å². The van der Waals surface area contributed by atoms with Crippen LogP contribution in [0.25, 0.3) is 10.9 Å². The van der Waals surface area contributed by atoms with Gasteiger partial charge in [0.15, 0.2) is 0 Å². The van der Waals surface area contributed by atoms with Crippen molar-refractivity contribution in [3.8, 4) is 0 Å². The zero-order chi connectivity index (χ0) is 11.0. The Morgan fingerprint density at radius 2 is 2.27 bits per heavy atom. The van der Waals surface area contributed by atoms with Crippen LogP contribution in [0.1, 0.15) is 5.56 Å². The Morgan fingerprint density at radius 1 is 1.53 bits per heavy atom. The molecule has 0 radical (unpaired) electrons. The van der Waals surface area contributed by atoms with Crippen molar-refractivity contribution < 1.29 is 4.92 Å². The van der Waals surface area contributed by atoms with Crippen LogP contribution < -0.4 is 0 Å². The van der Waals surface area contributed by atoms with E-state index in [0.29, 0.717) is 20.9 Å². The maximum absolute atomic E-state index is 10.8. The van der Waals surface area contributed by atoms with Gasteiger partial charge >= 0.3 is 0 Å². The molecule has 0 unspecified atom stereocenters. The Kier molecular flexibility index (Phi) is 2.74. The van der Waals surface area contributed by atoms with Crippen LogP contribution in [0, 0.1) is 10.1 Å². The zero-order valence-corrected chi connectivity index (χ0v) is 10.5. The SMILES string of the molecule is O=[N+]([O-])c1cc2c(Br)n[nH]c2cc1CBr. The average molecular weight is 335 g/mol. The molecule has 2 rings (SSSR count). The minimum atomic E-state index is -0.393. The maximum atomic E-state index is 10.8. The van der Waals surface area contributed by atoms with Crippen LogP contribution in [0.2, 0.25) is 0 Å². The van der Waals surface area contributed by atoms with E-state index in [4.69, 9.17) is 0 Å². The topological polar surface area (TPSA) is 71.8 Å². The van der Waals surface area contributed by atoms with Crippen LogP contribution in [0.5, 0.6) is 0 Å². The minimum Gasteiger partial charge on any atom is -0.277 e. The number of benzene rings is 1. The van der Waals surface area contributed by atoms with Gasteiger partial charge in [0.1, 0.15) is 4.60 Å². The Morgan fingerprint density at radius 3 is 2.87 bits per heavy atom. The van der Waals surface area contributed by atoms with Gasteiger partial charge in [0.05, 0.1) is 10.4 Å². The van der Waals surface area contributed by atoms with Gasteiger partial charge in [0, 0.05) is 22.3 Å². The van der Waals surface area contributed by atoms with Gasteiger partial charge in [-0.3, -0.25) is 15.2 Å². The summed E-state index contributed by atoms with van der Waals surface area (Å²) in [6, 6.07) is 3.24. The summed E-state index contributed by atoms with van der Waals surface area (Å²) in [6.45, 7) is 0. The molecule has 1 N–H and O–H groups in total.